The third-order valence-corrected chi connectivity index (χ3v) is 4.22. The first-order valence-corrected chi connectivity index (χ1v) is 8.19. The Morgan fingerprint density at radius 1 is 1.36 bits per heavy atom. The summed E-state index contributed by atoms with van der Waals surface area (Å²) in [6.45, 7) is 4.20. The van der Waals surface area contributed by atoms with Crippen LogP contribution in [0, 0.1) is 4.91 Å². The lowest BCUT2D eigenvalue weighted by Gasteiger charge is -2.31. The molecule has 2 aliphatic rings. The van der Waals surface area contributed by atoms with Gasteiger partial charge in [0.15, 0.2) is 0 Å². The second-order valence-electron chi connectivity index (χ2n) is 5.87. The molecule has 0 amide bonds. The summed E-state index contributed by atoms with van der Waals surface area (Å²) < 4.78 is 5.68. The molecule has 0 aromatic heterocycles. The summed E-state index contributed by atoms with van der Waals surface area (Å²) in [5.41, 5.74) is 1.33. The van der Waals surface area contributed by atoms with Crippen molar-refractivity contribution in [1.29, 1.82) is 0 Å². The van der Waals surface area contributed by atoms with Gasteiger partial charge in [-0.05, 0) is 44.6 Å². The molecule has 1 aliphatic heterocycles. The molecule has 0 unspecified atom stereocenters. The largest absolute Gasteiger partial charge is 0.498 e. The number of likely N-dealkylation sites (tertiary alicyclic amines) is 1. The summed E-state index contributed by atoms with van der Waals surface area (Å²) in [5.74, 6) is 0.964. The fraction of sp³-hybridized carbons (Fsp3) is 0.647. The Morgan fingerprint density at radius 3 is 2.91 bits per heavy atom. The van der Waals surface area contributed by atoms with Crippen LogP contribution in [-0.2, 0) is 4.74 Å². The summed E-state index contributed by atoms with van der Waals surface area (Å²) in [7, 11) is 2.05. The lowest BCUT2D eigenvalue weighted by atomic mass is 10.0. The van der Waals surface area contributed by atoms with Gasteiger partial charge >= 0.3 is 0 Å². The van der Waals surface area contributed by atoms with Gasteiger partial charge in [-0.3, -0.25) is 4.90 Å². The van der Waals surface area contributed by atoms with E-state index in [9.17, 15) is 4.91 Å². The zero-order chi connectivity index (χ0) is 15.6. The number of allylic oxidation sites excluding steroid dienone is 3. The van der Waals surface area contributed by atoms with Gasteiger partial charge in [-0.1, -0.05) is 23.4 Å². The van der Waals surface area contributed by atoms with Crippen LogP contribution >= 0.6 is 0 Å². The van der Waals surface area contributed by atoms with Gasteiger partial charge in [0.05, 0.1) is 18.9 Å². The van der Waals surface area contributed by atoms with Crippen molar-refractivity contribution in [2.45, 2.75) is 31.7 Å². The van der Waals surface area contributed by atoms with E-state index >= 15 is 0 Å². The molecule has 1 aliphatic carbocycles. The van der Waals surface area contributed by atoms with E-state index in [-0.39, 0.29) is 0 Å². The van der Waals surface area contributed by atoms with Crippen LogP contribution in [0.25, 0.3) is 0 Å². The number of piperidine rings is 1. The number of ether oxygens (including phenoxy) is 1. The summed E-state index contributed by atoms with van der Waals surface area (Å²) in [5, 5.41) is 6.20. The Labute approximate surface area is 133 Å². The molecule has 1 N–H and O–H groups in total. The molecule has 0 aromatic carbocycles. The molecule has 0 spiro atoms. The predicted molar refractivity (Wildman–Crippen MR) is 89.7 cm³/mol. The summed E-state index contributed by atoms with van der Waals surface area (Å²) in [6.07, 6.45) is 12.5. The molecule has 0 radical (unpaired) electrons. The number of hydrogen-bond acceptors (Lipinski definition) is 5. The molecule has 0 atom stereocenters. The summed E-state index contributed by atoms with van der Waals surface area (Å²) in [6, 6.07) is 0.677. The van der Waals surface area contributed by atoms with Crippen LogP contribution in [0.15, 0.2) is 40.8 Å². The normalized spacial score (nSPS) is 20.2. The fourth-order valence-electron chi connectivity index (χ4n) is 2.83. The molecular weight excluding hydrogens is 278 g/mol. The van der Waals surface area contributed by atoms with Crippen molar-refractivity contribution in [2.75, 3.05) is 39.8 Å². The van der Waals surface area contributed by atoms with Crippen LogP contribution in [0.2, 0.25) is 0 Å². The first-order chi connectivity index (χ1) is 10.8. The quantitative estimate of drug-likeness (QED) is 0.553. The Morgan fingerprint density at radius 2 is 2.18 bits per heavy atom. The highest BCUT2D eigenvalue weighted by Gasteiger charge is 2.17. The minimum Gasteiger partial charge on any atom is -0.498 e. The average molecular weight is 305 g/mol. The van der Waals surface area contributed by atoms with Gasteiger partial charge in [0.2, 0.25) is 0 Å². The maximum atomic E-state index is 10.0. The first-order valence-electron chi connectivity index (χ1n) is 8.19. The molecule has 0 saturated carbocycles. The number of hydrogen-bond donors (Lipinski definition) is 1. The highest BCUT2D eigenvalue weighted by Crippen LogP contribution is 2.16. The zero-order valence-electron chi connectivity index (χ0n) is 13.5. The molecule has 5 nitrogen and oxygen atoms in total. The standard InChI is InChI=1S/C17H27N3O2/c1-18-16-8-11-20(12-9-16)14-15-4-2-5-17(7-6-15)22-13-3-10-19-21/h2,4,6-7,16,18H,3,5,8-14H2,1H3. The predicted octanol–water partition coefficient (Wildman–Crippen LogP) is 2.61. The average Bonchev–Trinajstić information content (AvgIpc) is 2.78. The Balaban J connectivity index is 1.78. The van der Waals surface area contributed by atoms with Crippen LogP contribution in [0.3, 0.4) is 0 Å². The minimum absolute atomic E-state index is 0.326. The number of nitroso groups, excluding NO2 is 1. The Kier molecular flexibility index (Phi) is 7.33. The van der Waals surface area contributed by atoms with Gasteiger partial charge in [0.25, 0.3) is 0 Å². The van der Waals surface area contributed by atoms with Crippen molar-refractivity contribution >= 4 is 0 Å². The maximum absolute atomic E-state index is 10.0. The molecule has 5 heteroatoms. The highest BCUT2D eigenvalue weighted by atomic mass is 16.5. The first kappa shape index (κ1) is 16.9. The Hall–Kier alpha value is -1.46. The molecule has 122 valence electrons. The van der Waals surface area contributed by atoms with Crippen molar-refractivity contribution in [3.05, 3.63) is 40.5 Å². The van der Waals surface area contributed by atoms with Crippen molar-refractivity contribution in [3.8, 4) is 0 Å². The van der Waals surface area contributed by atoms with Crippen LogP contribution < -0.4 is 5.32 Å². The third-order valence-electron chi connectivity index (χ3n) is 4.22. The van der Waals surface area contributed by atoms with E-state index in [4.69, 9.17) is 4.74 Å². The number of rotatable bonds is 8. The SMILES string of the molecule is CNC1CCN(CC2=CC=C(OCCCN=O)CC=C2)CC1. The van der Waals surface area contributed by atoms with Gasteiger partial charge in [-0.25, -0.2) is 0 Å². The van der Waals surface area contributed by atoms with E-state index in [1.165, 1.54) is 18.4 Å². The van der Waals surface area contributed by atoms with Crippen LogP contribution in [0.4, 0.5) is 0 Å². The number of nitrogens with one attached hydrogen (secondary N) is 1. The fourth-order valence-corrected chi connectivity index (χ4v) is 2.83. The topological polar surface area (TPSA) is 53.9 Å². The molecule has 1 heterocycles. The maximum Gasteiger partial charge on any atom is 0.0997 e. The molecule has 0 bridgehead atoms. The molecule has 2 rings (SSSR count). The van der Waals surface area contributed by atoms with Crippen LogP contribution in [0.5, 0.6) is 0 Å². The van der Waals surface area contributed by atoms with E-state index in [1.54, 1.807) is 0 Å². The molecular formula is C17H27N3O2. The lowest BCUT2D eigenvalue weighted by molar-refractivity contribution is 0.206. The summed E-state index contributed by atoms with van der Waals surface area (Å²) >= 11 is 0. The van der Waals surface area contributed by atoms with Crippen molar-refractivity contribution in [1.82, 2.24) is 10.2 Å². The monoisotopic (exact) mass is 305 g/mol. The zero-order valence-corrected chi connectivity index (χ0v) is 13.5. The van der Waals surface area contributed by atoms with E-state index in [0.717, 1.165) is 31.8 Å². The van der Waals surface area contributed by atoms with Gasteiger partial charge in [-0.15, -0.1) is 0 Å². The molecule has 22 heavy (non-hydrogen) atoms. The second-order valence-corrected chi connectivity index (χ2v) is 5.87. The molecule has 1 saturated heterocycles. The molecule has 1 fully saturated rings. The van der Waals surface area contributed by atoms with Gasteiger partial charge in [0, 0.05) is 25.4 Å². The van der Waals surface area contributed by atoms with E-state index in [2.05, 4.69) is 39.7 Å². The van der Waals surface area contributed by atoms with Gasteiger partial charge in [-0.2, -0.15) is 4.91 Å². The van der Waals surface area contributed by atoms with E-state index in [1.807, 2.05) is 7.05 Å². The highest BCUT2D eigenvalue weighted by molar-refractivity contribution is 5.30. The minimum atomic E-state index is 0.326. The van der Waals surface area contributed by atoms with E-state index < -0.39 is 0 Å². The summed E-state index contributed by atoms with van der Waals surface area (Å²) in [4.78, 5) is 12.5. The second kappa shape index (κ2) is 9.54. The lowest BCUT2D eigenvalue weighted by Crippen LogP contribution is -2.41. The van der Waals surface area contributed by atoms with Gasteiger partial charge < -0.3 is 10.1 Å². The van der Waals surface area contributed by atoms with Crippen molar-refractivity contribution in [2.24, 2.45) is 5.18 Å². The van der Waals surface area contributed by atoms with Crippen LogP contribution in [0.1, 0.15) is 25.7 Å². The smallest absolute Gasteiger partial charge is 0.0997 e. The van der Waals surface area contributed by atoms with Crippen LogP contribution in [-0.4, -0.2) is 50.8 Å². The van der Waals surface area contributed by atoms with Gasteiger partial charge in [0.1, 0.15) is 0 Å². The Bertz CT molecular complexity index is 435. The third kappa shape index (κ3) is 5.73. The van der Waals surface area contributed by atoms with Crippen molar-refractivity contribution < 1.29 is 4.74 Å². The number of nitrogens with zero attached hydrogens (tertiary/aromatic N) is 2. The van der Waals surface area contributed by atoms with E-state index in [0.29, 0.717) is 25.6 Å². The molecule has 0 aromatic rings. The van der Waals surface area contributed by atoms with Crippen molar-refractivity contribution in [3.63, 3.8) is 0 Å².